The minimum absolute atomic E-state index is 0.0484. The molecule has 7 heteroatoms. The lowest BCUT2D eigenvalue weighted by Crippen LogP contribution is -2.38. The van der Waals surface area contributed by atoms with Crippen LogP contribution in [0.1, 0.15) is 12.5 Å². The van der Waals surface area contributed by atoms with Crippen LogP contribution in [0.25, 0.3) is 0 Å². The van der Waals surface area contributed by atoms with Gasteiger partial charge in [-0.1, -0.05) is 30.0 Å². The second kappa shape index (κ2) is 5.14. The molecule has 0 aliphatic carbocycles. The lowest BCUT2D eigenvalue weighted by atomic mass is 10.1. The number of carbonyl (C=O) groups is 1. The fourth-order valence-electron chi connectivity index (χ4n) is 2.81. The number of anilines is 1. The number of thioether (sulfide) groups is 1. The molecule has 112 valence electrons. The van der Waals surface area contributed by atoms with Gasteiger partial charge in [-0.05, 0) is 18.6 Å². The number of hydrogen-bond donors (Lipinski definition) is 0. The van der Waals surface area contributed by atoms with Gasteiger partial charge in [-0.15, -0.1) is 0 Å². The van der Waals surface area contributed by atoms with Crippen LogP contribution in [0.4, 0.5) is 5.69 Å². The van der Waals surface area contributed by atoms with Gasteiger partial charge in [0, 0.05) is 17.9 Å². The Hall–Kier alpha value is -1.34. The van der Waals surface area contributed by atoms with Crippen molar-refractivity contribution in [2.24, 2.45) is 4.99 Å². The second-order valence-corrected chi connectivity index (χ2v) is 8.73. The Morgan fingerprint density at radius 2 is 2.05 bits per heavy atom. The third-order valence-corrected chi connectivity index (χ3v) is 6.90. The lowest BCUT2D eigenvalue weighted by molar-refractivity contribution is -0.115. The molecule has 0 spiro atoms. The van der Waals surface area contributed by atoms with E-state index in [0.29, 0.717) is 5.17 Å². The highest BCUT2D eigenvalue weighted by Crippen LogP contribution is 2.41. The molecule has 2 atom stereocenters. The van der Waals surface area contributed by atoms with E-state index in [2.05, 4.69) is 4.99 Å². The van der Waals surface area contributed by atoms with Gasteiger partial charge in [-0.25, -0.2) is 8.42 Å². The summed E-state index contributed by atoms with van der Waals surface area (Å²) in [5.74, 6) is 0.0105. The smallest absolute Gasteiger partial charge is 0.244 e. The zero-order chi connectivity index (χ0) is 15.2. The average Bonchev–Trinajstić information content (AvgIpc) is 2.81. The molecule has 0 aromatic heterocycles. The van der Waals surface area contributed by atoms with Crippen molar-refractivity contribution in [1.29, 1.82) is 0 Å². The van der Waals surface area contributed by atoms with Crippen LogP contribution in [0.2, 0.25) is 0 Å². The molecular weight excluding hydrogens is 308 g/mol. The van der Waals surface area contributed by atoms with Gasteiger partial charge in [0.2, 0.25) is 5.91 Å². The van der Waals surface area contributed by atoms with E-state index in [1.807, 2.05) is 36.1 Å². The minimum Gasteiger partial charge on any atom is -0.315 e. The number of rotatable bonds is 1. The molecule has 5 nitrogen and oxygen atoms in total. The Bertz CT molecular complexity index is 727. The maximum Gasteiger partial charge on any atom is 0.244 e. The largest absolute Gasteiger partial charge is 0.315 e. The number of nitrogens with zero attached hydrogens (tertiary/aromatic N) is 2. The number of carbonyl (C=O) groups excluding carboxylic acids is 1. The zero-order valence-electron chi connectivity index (χ0n) is 11.8. The van der Waals surface area contributed by atoms with Gasteiger partial charge in [0.25, 0.3) is 0 Å². The quantitative estimate of drug-likeness (QED) is 0.785. The van der Waals surface area contributed by atoms with Crippen molar-refractivity contribution in [2.45, 2.75) is 25.1 Å². The maximum atomic E-state index is 11.9. The molecule has 2 saturated heterocycles. The standard InChI is InChI=1S/C14H16N2O3S2/c1-9-5-3-4-6-11(9)16-12-7-21(18,19)8-13(12)20-14(16)15-10(2)17/h3-6,12-13H,7-8H2,1-2H3/t12-,13+/m0/s1. The van der Waals surface area contributed by atoms with Gasteiger partial charge in [-0.2, -0.15) is 4.99 Å². The number of benzene rings is 1. The first kappa shape index (κ1) is 14.6. The molecule has 2 fully saturated rings. The Morgan fingerprint density at radius 3 is 2.71 bits per heavy atom. The highest BCUT2D eigenvalue weighted by atomic mass is 32.2. The summed E-state index contributed by atoms with van der Waals surface area (Å²) in [4.78, 5) is 17.4. The molecule has 1 aromatic rings. The van der Waals surface area contributed by atoms with E-state index in [1.165, 1.54) is 18.7 Å². The van der Waals surface area contributed by atoms with Crippen molar-refractivity contribution >= 4 is 38.4 Å². The summed E-state index contributed by atoms with van der Waals surface area (Å²) in [6.45, 7) is 3.39. The monoisotopic (exact) mass is 324 g/mol. The SMILES string of the molecule is CC(=O)N=C1S[C@@H]2CS(=O)(=O)C[C@@H]2N1c1ccccc1C. The van der Waals surface area contributed by atoms with E-state index < -0.39 is 9.84 Å². The maximum absolute atomic E-state index is 11.9. The van der Waals surface area contributed by atoms with Crippen LogP contribution < -0.4 is 4.90 Å². The van der Waals surface area contributed by atoms with Gasteiger partial charge < -0.3 is 4.90 Å². The molecule has 2 aliphatic heterocycles. The Labute approximate surface area is 128 Å². The van der Waals surface area contributed by atoms with Crippen LogP contribution in [0.15, 0.2) is 29.3 Å². The van der Waals surface area contributed by atoms with Gasteiger partial charge in [-0.3, -0.25) is 4.79 Å². The van der Waals surface area contributed by atoms with Gasteiger partial charge in [0.15, 0.2) is 15.0 Å². The number of aliphatic imine (C=N–C) groups is 1. The molecule has 2 aliphatic rings. The zero-order valence-corrected chi connectivity index (χ0v) is 13.4. The summed E-state index contributed by atoms with van der Waals surface area (Å²) < 4.78 is 23.8. The summed E-state index contributed by atoms with van der Waals surface area (Å²) in [7, 11) is -3.01. The summed E-state index contributed by atoms with van der Waals surface area (Å²) >= 11 is 1.40. The number of para-hydroxylation sites is 1. The molecule has 1 aromatic carbocycles. The topological polar surface area (TPSA) is 66.8 Å². The highest BCUT2D eigenvalue weighted by molar-refractivity contribution is 8.16. The van der Waals surface area contributed by atoms with E-state index in [9.17, 15) is 13.2 Å². The van der Waals surface area contributed by atoms with E-state index in [1.54, 1.807) is 0 Å². The fourth-order valence-corrected chi connectivity index (χ4v) is 6.77. The van der Waals surface area contributed by atoms with Crippen molar-refractivity contribution in [1.82, 2.24) is 0 Å². The molecule has 0 N–H and O–H groups in total. The number of amidine groups is 1. The Balaban J connectivity index is 2.07. The lowest BCUT2D eigenvalue weighted by Gasteiger charge is -2.26. The van der Waals surface area contributed by atoms with Crippen LogP contribution in [-0.2, 0) is 14.6 Å². The third kappa shape index (κ3) is 2.72. The van der Waals surface area contributed by atoms with Crippen molar-refractivity contribution in [3.63, 3.8) is 0 Å². The van der Waals surface area contributed by atoms with Gasteiger partial charge >= 0.3 is 0 Å². The molecule has 0 saturated carbocycles. The number of fused-ring (bicyclic) bond motifs is 1. The van der Waals surface area contributed by atoms with Gasteiger partial charge in [0.05, 0.1) is 17.5 Å². The van der Waals surface area contributed by atoms with Crippen LogP contribution in [0.5, 0.6) is 0 Å². The second-order valence-electron chi connectivity index (χ2n) is 5.37. The minimum atomic E-state index is -3.01. The molecule has 1 amide bonds. The average molecular weight is 324 g/mol. The fraction of sp³-hybridized carbons (Fsp3) is 0.429. The molecule has 21 heavy (non-hydrogen) atoms. The summed E-state index contributed by atoms with van der Waals surface area (Å²) in [6.07, 6.45) is 0. The van der Waals surface area contributed by atoms with Gasteiger partial charge in [0.1, 0.15) is 0 Å². The summed E-state index contributed by atoms with van der Waals surface area (Å²) in [6, 6.07) is 7.63. The first-order valence-corrected chi connectivity index (χ1v) is 9.39. The summed E-state index contributed by atoms with van der Waals surface area (Å²) in [5, 5.41) is 0.564. The van der Waals surface area contributed by atoms with E-state index >= 15 is 0 Å². The number of aryl methyl sites for hydroxylation is 1. The third-order valence-electron chi connectivity index (χ3n) is 3.69. The van der Waals surface area contributed by atoms with Crippen molar-refractivity contribution in [3.8, 4) is 0 Å². The van der Waals surface area contributed by atoms with Crippen molar-refractivity contribution < 1.29 is 13.2 Å². The van der Waals surface area contributed by atoms with E-state index in [-0.39, 0.29) is 28.7 Å². The number of amides is 1. The first-order chi connectivity index (χ1) is 9.87. The van der Waals surface area contributed by atoms with Crippen LogP contribution >= 0.6 is 11.8 Å². The summed E-state index contributed by atoms with van der Waals surface area (Å²) in [5.41, 5.74) is 1.97. The first-order valence-electron chi connectivity index (χ1n) is 6.68. The molecular formula is C14H16N2O3S2. The number of sulfone groups is 1. The molecule has 0 unspecified atom stereocenters. The molecule has 3 rings (SSSR count). The Kier molecular flexibility index (Phi) is 3.57. The molecule has 0 radical (unpaired) electrons. The van der Waals surface area contributed by atoms with E-state index in [0.717, 1.165) is 11.3 Å². The van der Waals surface area contributed by atoms with Crippen molar-refractivity contribution in [3.05, 3.63) is 29.8 Å². The predicted octanol–water partition coefficient (Wildman–Crippen LogP) is 1.62. The van der Waals surface area contributed by atoms with Crippen LogP contribution in [0, 0.1) is 6.92 Å². The predicted molar refractivity (Wildman–Crippen MR) is 85.6 cm³/mol. The van der Waals surface area contributed by atoms with Crippen LogP contribution in [0.3, 0.4) is 0 Å². The van der Waals surface area contributed by atoms with E-state index in [4.69, 9.17) is 0 Å². The Morgan fingerprint density at radius 1 is 1.33 bits per heavy atom. The normalized spacial score (nSPS) is 28.9. The molecule has 0 bridgehead atoms. The van der Waals surface area contributed by atoms with Crippen molar-refractivity contribution in [2.75, 3.05) is 16.4 Å². The highest BCUT2D eigenvalue weighted by Gasteiger charge is 2.49. The molecule has 2 heterocycles. The van der Waals surface area contributed by atoms with Crippen LogP contribution in [-0.4, -0.2) is 42.3 Å². The number of hydrogen-bond acceptors (Lipinski definition) is 4.